The van der Waals surface area contributed by atoms with Crippen molar-refractivity contribution in [3.8, 4) is 5.75 Å². The van der Waals surface area contributed by atoms with Gasteiger partial charge in [-0.3, -0.25) is 0 Å². The first-order chi connectivity index (χ1) is 10.8. The molecule has 0 atom stereocenters. The Bertz CT molecular complexity index is 765. The van der Waals surface area contributed by atoms with Crippen molar-refractivity contribution in [2.24, 2.45) is 0 Å². The molecule has 22 heavy (non-hydrogen) atoms. The third-order valence-electron chi connectivity index (χ3n) is 3.27. The lowest BCUT2D eigenvalue weighted by molar-refractivity contribution is 0.415. The van der Waals surface area contributed by atoms with Gasteiger partial charge in [0.25, 0.3) is 0 Å². The molecule has 3 rings (SSSR count). The van der Waals surface area contributed by atoms with Gasteiger partial charge in [0.1, 0.15) is 11.3 Å². The second-order valence-electron chi connectivity index (χ2n) is 4.83. The number of methoxy groups -OCH3 is 1. The van der Waals surface area contributed by atoms with Crippen LogP contribution in [0.2, 0.25) is 0 Å². The maximum atomic E-state index is 5.62. The number of rotatable bonds is 5. The molecule has 0 unspecified atom stereocenters. The Morgan fingerprint density at radius 3 is 2.55 bits per heavy atom. The van der Waals surface area contributed by atoms with Gasteiger partial charge >= 0.3 is 0 Å². The Labute approximate surface area is 129 Å². The van der Waals surface area contributed by atoms with Crippen LogP contribution in [-0.2, 0) is 0 Å². The summed E-state index contributed by atoms with van der Waals surface area (Å²) < 4.78 is 10.8. The maximum absolute atomic E-state index is 5.62. The molecular weight excluding hydrogens is 274 g/mol. The summed E-state index contributed by atoms with van der Waals surface area (Å²) in [5, 5.41) is 0. The predicted octanol–water partition coefficient (Wildman–Crippen LogP) is 4.95. The van der Waals surface area contributed by atoms with E-state index in [1.165, 1.54) is 0 Å². The number of ether oxygens (including phenoxy) is 1. The zero-order valence-corrected chi connectivity index (χ0v) is 12.4. The first kappa shape index (κ1) is 14.1. The molecule has 1 aromatic heterocycles. The molecule has 3 aromatic rings. The number of hydrogen-bond donors (Lipinski definition) is 0. The zero-order chi connectivity index (χ0) is 15.2. The van der Waals surface area contributed by atoms with E-state index in [2.05, 4.69) is 17.1 Å². The van der Waals surface area contributed by atoms with E-state index >= 15 is 0 Å². The second kappa shape index (κ2) is 6.76. The van der Waals surface area contributed by atoms with Gasteiger partial charge in [0.05, 0.1) is 7.11 Å². The minimum absolute atomic E-state index is 0.638. The first-order valence-corrected chi connectivity index (χ1v) is 7.18. The number of allylic oxidation sites excluding steroid dienone is 2. The smallest absolute Gasteiger partial charge is 0.219 e. The third kappa shape index (κ3) is 3.44. The fourth-order valence-corrected chi connectivity index (χ4v) is 2.13. The Balaban J connectivity index is 1.58. The van der Waals surface area contributed by atoms with E-state index in [4.69, 9.17) is 9.15 Å². The maximum Gasteiger partial charge on any atom is 0.219 e. The molecule has 3 heteroatoms. The van der Waals surface area contributed by atoms with Gasteiger partial charge in [-0.2, -0.15) is 0 Å². The Morgan fingerprint density at radius 1 is 1.00 bits per heavy atom. The standard InChI is InChI=1S/C19H17NO2/c1-21-16-13-11-15(12-14-16)7-3-2-4-10-19-20-17-8-5-6-9-18(17)22-19/h3-14H,2H2,1H3/b7-3+,10-4+. The minimum atomic E-state index is 0.638. The van der Waals surface area contributed by atoms with Crippen molar-refractivity contribution < 1.29 is 9.15 Å². The summed E-state index contributed by atoms with van der Waals surface area (Å²) >= 11 is 0. The molecule has 0 aliphatic carbocycles. The van der Waals surface area contributed by atoms with Crippen LogP contribution in [0, 0.1) is 0 Å². The fraction of sp³-hybridized carbons (Fsp3) is 0.105. The molecule has 3 nitrogen and oxygen atoms in total. The number of hydrogen-bond acceptors (Lipinski definition) is 3. The summed E-state index contributed by atoms with van der Waals surface area (Å²) in [5.41, 5.74) is 2.85. The van der Waals surface area contributed by atoms with E-state index in [-0.39, 0.29) is 0 Å². The van der Waals surface area contributed by atoms with Crippen LogP contribution in [0.1, 0.15) is 17.9 Å². The van der Waals surface area contributed by atoms with E-state index in [0.717, 1.165) is 28.8 Å². The molecule has 0 amide bonds. The molecule has 0 aliphatic heterocycles. The molecule has 110 valence electrons. The molecule has 0 aliphatic rings. The number of aromatic nitrogens is 1. The van der Waals surface area contributed by atoms with Crippen molar-refractivity contribution in [1.29, 1.82) is 0 Å². The van der Waals surface area contributed by atoms with Gasteiger partial charge in [0, 0.05) is 0 Å². The van der Waals surface area contributed by atoms with Crippen molar-refractivity contribution in [3.05, 3.63) is 72.1 Å². The number of fused-ring (bicyclic) bond motifs is 1. The molecule has 2 aromatic carbocycles. The number of benzene rings is 2. The number of oxazole rings is 1. The molecule has 0 fully saturated rings. The fourth-order valence-electron chi connectivity index (χ4n) is 2.13. The van der Waals surface area contributed by atoms with Crippen molar-refractivity contribution in [2.75, 3.05) is 7.11 Å². The normalized spacial score (nSPS) is 11.7. The average Bonchev–Trinajstić information content (AvgIpc) is 2.98. The SMILES string of the molecule is COc1ccc(/C=C/C/C=C/c2nc3ccccc3o2)cc1. The first-order valence-electron chi connectivity index (χ1n) is 7.18. The number of nitrogens with zero attached hydrogens (tertiary/aromatic N) is 1. The summed E-state index contributed by atoms with van der Waals surface area (Å²) in [5.74, 6) is 1.51. The average molecular weight is 291 g/mol. The highest BCUT2D eigenvalue weighted by molar-refractivity contribution is 5.73. The molecule has 0 spiro atoms. The number of para-hydroxylation sites is 2. The summed E-state index contributed by atoms with van der Waals surface area (Å²) in [6.07, 6.45) is 8.94. The van der Waals surface area contributed by atoms with Gasteiger partial charge in [0.2, 0.25) is 5.89 Å². The lowest BCUT2D eigenvalue weighted by Crippen LogP contribution is -1.81. The van der Waals surface area contributed by atoms with Crippen LogP contribution >= 0.6 is 0 Å². The van der Waals surface area contributed by atoms with Crippen molar-refractivity contribution in [3.63, 3.8) is 0 Å². The van der Waals surface area contributed by atoms with Gasteiger partial charge in [-0.15, -0.1) is 0 Å². The summed E-state index contributed by atoms with van der Waals surface area (Å²) in [6, 6.07) is 15.7. The highest BCUT2D eigenvalue weighted by Crippen LogP contribution is 2.16. The van der Waals surface area contributed by atoms with Crippen LogP contribution in [0.25, 0.3) is 23.3 Å². The Kier molecular flexibility index (Phi) is 4.35. The van der Waals surface area contributed by atoms with E-state index in [0.29, 0.717) is 5.89 Å². The van der Waals surface area contributed by atoms with Crippen LogP contribution in [0.4, 0.5) is 0 Å². The summed E-state index contributed by atoms with van der Waals surface area (Å²) in [4.78, 5) is 4.40. The predicted molar refractivity (Wildman–Crippen MR) is 89.7 cm³/mol. The molecule has 0 saturated heterocycles. The van der Waals surface area contributed by atoms with Gasteiger partial charge < -0.3 is 9.15 Å². The molecule has 0 saturated carbocycles. The van der Waals surface area contributed by atoms with E-state index in [1.54, 1.807) is 7.11 Å². The minimum Gasteiger partial charge on any atom is -0.497 e. The Hall–Kier alpha value is -2.81. The van der Waals surface area contributed by atoms with Crippen molar-refractivity contribution in [1.82, 2.24) is 4.98 Å². The van der Waals surface area contributed by atoms with Gasteiger partial charge in [-0.05, 0) is 42.3 Å². The highest BCUT2D eigenvalue weighted by Gasteiger charge is 2.00. The summed E-state index contributed by atoms with van der Waals surface area (Å²) in [6.45, 7) is 0. The van der Waals surface area contributed by atoms with Crippen molar-refractivity contribution >= 4 is 23.3 Å². The molecule has 0 radical (unpaired) electrons. The lowest BCUT2D eigenvalue weighted by Gasteiger charge is -1.98. The van der Waals surface area contributed by atoms with Crippen LogP contribution in [0.5, 0.6) is 5.75 Å². The van der Waals surface area contributed by atoms with E-state index in [1.807, 2.05) is 60.7 Å². The molecule has 1 heterocycles. The second-order valence-corrected chi connectivity index (χ2v) is 4.83. The van der Waals surface area contributed by atoms with Crippen molar-refractivity contribution in [2.45, 2.75) is 6.42 Å². The topological polar surface area (TPSA) is 35.3 Å². The summed E-state index contributed by atoms with van der Waals surface area (Å²) in [7, 11) is 1.67. The lowest BCUT2D eigenvalue weighted by atomic mass is 10.2. The van der Waals surface area contributed by atoms with Gasteiger partial charge in [-0.1, -0.05) is 42.5 Å². The third-order valence-corrected chi connectivity index (χ3v) is 3.27. The largest absolute Gasteiger partial charge is 0.497 e. The van der Waals surface area contributed by atoms with E-state index < -0.39 is 0 Å². The molecule has 0 N–H and O–H groups in total. The van der Waals surface area contributed by atoms with Crippen LogP contribution < -0.4 is 4.74 Å². The monoisotopic (exact) mass is 291 g/mol. The zero-order valence-electron chi connectivity index (χ0n) is 12.4. The van der Waals surface area contributed by atoms with Crippen LogP contribution in [-0.4, -0.2) is 12.1 Å². The molecular formula is C19H17NO2. The van der Waals surface area contributed by atoms with E-state index in [9.17, 15) is 0 Å². The van der Waals surface area contributed by atoms with Crippen LogP contribution in [0.15, 0.2) is 65.1 Å². The molecule has 0 bridgehead atoms. The van der Waals surface area contributed by atoms with Crippen LogP contribution in [0.3, 0.4) is 0 Å². The van der Waals surface area contributed by atoms with Gasteiger partial charge in [-0.25, -0.2) is 4.98 Å². The highest BCUT2D eigenvalue weighted by atomic mass is 16.5. The van der Waals surface area contributed by atoms with Gasteiger partial charge in [0.15, 0.2) is 5.58 Å². The quantitative estimate of drug-likeness (QED) is 0.667. The Morgan fingerprint density at radius 2 is 1.77 bits per heavy atom.